The van der Waals surface area contributed by atoms with Gasteiger partial charge in [0.25, 0.3) is 0 Å². The van der Waals surface area contributed by atoms with Crippen molar-refractivity contribution in [2.75, 3.05) is 0 Å². The van der Waals surface area contributed by atoms with Gasteiger partial charge in [0.05, 0.1) is 0 Å². The summed E-state index contributed by atoms with van der Waals surface area (Å²) in [6.45, 7) is 0. The van der Waals surface area contributed by atoms with E-state index >= 15 is 0 Å². The van der Waals surface area contributed by atoms with Crippen molar-refractivity contribution < 1.29 is 4.39 Å². The summed E-state index contributed by atoms with van der Waals surface area (Å²) in [4.78, 5) is 5.53. The number of benzene rings is 1. The van der Waals surface area contributed by atoms with Crippen LogP contribution in [0.25, 0.3) is 12.2 Å². The molecule has 21 heavy (non-hydrogen) atoms. The predicted molar refractivity (Wildman–Crippen MR) is 85.6 cm³/mol. The van der Waals surface area contributed by atoms with Gasteiger partial charge < -0.3 is 0 Å². The fourth-order valence-electron chi connectivity index (χ4n) is 1.72. The maximum absolute atomic E-state index is 13.1. The van der Waals surface area contributed by atoms with Crippen LogP contribution < -0.4 is 0 Å². The summed E-state index contributed by atoms with van der Waals surface area (Å²) in [6, 6.07) is 10.6. The number of aromatic nitrogens is 3. The second kappa shape index (κ2) is 6.69. The van der Waals surface area contributed by atoms with Gasteiger partial charge >= 0.3 is 0 Å². The van der Waals surface area contributed by atoms with Crippen LogP contribution in [0, 0.1) is 5.82 Å². The van der Waals surface area contributed by atoms with Crippen molar-refractivity contribution in [3.05, 3.63) is 63.9 Å². The zero-order valence-corrected chi connectivity index (χ0v) is 12.6. The lowest BCUT2D eigenvalue weighted by Crippen LogP contribution is -1.83. The molecule has 0 saturated carbocycles. The fraction of sp³-hybridized carbons (Fsp3) is 0.0667. The first kappa shape index (κ1) is 14.0. The average molecular weight is 317 g/mol. The Labute approximate surface area is 129 Å². The highest BCUT2D eigenvalue weighted by atomic mass is 32.2. The lowest BCUT2D eigenvalue weighted by atomic mass is 10.2. The van der Waals surface area contributed by atoms with E-state index in [1.807, 2.05) is 35.7 Å². The van der Waals surface area contributed by atoms with Gasteiger partial charge in [0.1, 0.15) is 11.6 Å². The molecular formula is C15H12FN3S2. The molecule has 3 nitrogen and oxygen atoms in total. The minimum absolute atomic E-state index is 0.220. The van der Waals surface area contributed by atoms with Crippen LogP contribution in [-0.2, 0) is 5.75 Å². The molecule has 0 atom stereocenters. The largest absolute Gasteiger partial charge is 0.259 e. The zero-order valence-electron chi connectivity index (χ0n) is 11.0. The van der Waals surface area contributed by atoms with E-state index in [4.69, 9.17) is 0 Å². The van der Waals surface area contributed by atoms with Crippen molar-refractivity contribution in [1.82, 2.24) is 15.2 Å². The van der Waals surface area contributed by atoms with E-state index in [1.165, 1.54) is 28.8 Å². The molecule has 0 bridgehead atoms. The Balaban J connectivity index is 1.60. The van der Waals surface area contributed by atoms with Crippen LogP contribution in [-0.4, -0.2) is 15.2 Å². The monoisotopic (exact) mass is 317 g/mol. The minimum atomic E-state index is -0.220. The van der Waals surface area contributed by atoms with E-state index in [0.29, 0.717) is 16.7 Å². The Kier molecular flexibility index (Phi) is 4.47. The average Bonchev–Trinajstić information content (AvgIpc) is 3.15. The minimum Gasteiger partial charge on any atom is -0.259 e. The van der Waals surface area contributed by atoms with Gasteiger partial charge in [0, 0.05) is 10.6 Å². The number of aromatic amines is 1. The number of halogens is 1. The highest BCUT2D eigenvalue weighted by molar-refractivity contribution is 7.98. The molecule has 3 rings (SSSR count). The molecule has 0 aliphatic heterocycles. The highest BCUT2D eigenvalue weighted by Crippen LogP contribution is 2.20. The van der Waals surface area contributed by atoms with Crippen LogP contribution in [0.2, 0.25) is 0 Å². The molecule has 0 saturated heterocycles. The lowest BCUT2D eigenvalue weighted by molar-refractivity contribution is 0.626. The SMILES string of the molecule is Fc1cccc(CSc2n[nH]c(/C=C/c3cccs3)n2)c1. The van der Waals surface area contributed by atoms with Gasteiger partial charge in [-0.1, -0.05) is 30.0 Å². The van der Waals surface area contributed by atoms with Crippen molar-refractivity contribution in [1.29, 1.82) is 0 Å². The summed E-state index contributed by atoms with van der Waals surface area (Å²) in [5.74, 6) is 1.14. The van der Waals surface area contributed by atoms with Crippen molar-refractivity contribution in [2.24, 2.45) is 0 Å². The van der Waals surface area contributed by atoms with Gasteiger partial charge in [0.15, 0.2) is 0 Å². The molecule has 0 unspecified atom stereocenters. The van der Waals surface area contributed by atoms with Crippen molar-refractivity contribution in [2.45, 2.75) is 10.9 Å². The fourth-order valence-corrected chi connectivity index (χ4v) is 3.09. The summed E-state index contributed by atoms with van der Waals surface area (Å²) in [7, 11) is 0. The Bertz CT molecular complexity index is 735. The molecule has 0 radical (unpaired) electrons. The van der Waals surface area contributed by atoms with Gasteiger partial charge in [0.2, 0.25) is 5.16 Å². The topological polar surface area (TPSA) is 41.6 Å². The molecule has 106 valence electrons. The normalized spacial score (nSPS) is 11.3. The summed E-state index contributed by atoms with van der Waals surface area (Å²) in [5, 5.41) is 9.70. The van der Waals surface area contributed by atoms with E-state index in [9.17, 15) is 4.39 Å². The van der Waals surface area contributed by atoms with Crippen LogP contribution in [0.3, 0.4) is 0 Å². The number of hydrogen-bond acceptors (Lipinski definition) is 4. The third-order valence-electron chi connectivity index (χ3n) is 2.69. The van der Waals surface area contributed by atoms with E-state index in [1.54, 1.807) is 17.4 Å². The van der Waals surface area contributed by atoms with Crippen molar-refractivity contribution in [3.8, 4) is 0 Å². The first-order chi connectivity index (χ1) is 10.3. The maximum Gasteiger partial charge on any atom is 0.209 e. The third kappa shape index (κ3) is 4.03. The highest BCUT2D eigenvalue weighted by Gasteiger charge is 2.03. The number of H-pyrrole nitrogens is 1. The number of thioether (sulfide) groups is 1. The van der Waals surface area contributed by atoms with E-state index < -0.39 is 0 Å². The van der Waals surface area contributed by atoms with Gasteiger partial charge in [-0.15, -0.1) is 16.4 Å². The number of hydrogen-bond donors (Lipinski definition) is 1. The molecule has 2 heterocycles. The standard InChI is InChI=1S/C15H12FN3S2/c16-12-4-1-3-11(9-12)10-21-15-17-14(18-19-15)7-6-13-5-2-8-20-13/h1-9H,10H2,(H,17,18,19)/b7-6+. The molecular weight excluding hydrogens is 305 g/mol. The van der Waals surface area contributed by atoms with Crippen LogP contribution >= 0.6 is 23.1 Å². The van der Waals surface area contributed by atoms with Crippen LogP contribution in [0.1, 0.15) is 16.3 Å². The van der Waals surface area contributed by atoms with E-state index in [2.05, 4.69) is 15.2 Å². The molecule has 3 aromatic rings. The lowest BCUT2D eigenvalue weighted by Gasteiger charge is -1.97. The number of rotatable bonds is 5. The molecule has 0 aliphatic rings. The second-order valence-electron chi connectivity index (χ2n) is 4.27. The van der Waals surface area contributed by atoms with Crippen molar-refractivity contribution >= 4 is 35.3 Å². The zero-order chi connectivity index (χ0) is 14.5. The van der Waals surface area contributed by atoms with Crippen LogP contribution in [0.15, 0.2) is 46.9 Å². The molecule has 2 aromatic heterocycles. The molecule has 0 aliphatic carbocycles. The molecule has 6 heteroatoms. The smallest absolute Gasteiger partial charge is 0.209 e. The maximum atomic E-state index is 13.1. The van der Waals surface area contributed by atoms with Gasteiger partial charge in [-0.05, 0) is 41.3 Å². The molecule has 0 fully saturated rings. The first-order valence-electron chi connectivity index (χ1n) is 6.31. The summed E-state index contributed by atoms with van der Waals surface area (Å²) < 4.78 is 13.1. The quantitative estimate of drug-likeness (QED) is 0.706. The molecule has 1 N–H and O–H groups in total. The predicted octanol–water partition coefficient (Wildman–Crippen LogP) is 4.47. The summed E-state index contributed by atoms with van der Waals surface area (Å²) in [5.41, 5.74) is 0.917. The van der Waals surface area contributed by atoms with E-state index in [0.717, 1.165) is 5.56 Å². The van der Waals surface area contributed by atoms with Crippen LogP contribution in [0.4, 0.5) is 4.39 Å². The summed E-state index contributed by atoms with van der Waals surface area (Å²) >= 11 is 3.14. The van der Waals surface area contributed by atoms with E-state index in [-0.39, 0.29) is 5.82 Å². The van der Waals surface area contributed by atoms with Gasteiger partial charge in [-0.25, -0.2) is 9.37 Å². The Hall–Kier alpha value is -1.92. The Morgan fingerprint density at radius 2 is 2.19 bits per heavy atom. The third-order valence-corrected chi connectivity index (χ3v) is 4.44. The Morgan fingerprint density at radius 3 is 3.00 bits per heavy atom. The van der Waals surface area contributed by atoms with Gasteiger partial charge in [-0.3, -0.25) is 5.10 Å². The van der Waals surface area contributed by atoms with Crippen LogP contribution in [0.5, 0.6) is 0 Å². The van der Waals surface area contributed by atoms with Gasteiger partial charge in [-0.2, -0.15) is 0 Å². The number of thiophene rings is 1. The second-order valence-corrected chi connectivity index (χ2v) is 6.19. The number of nitrogens with one attached hydrogen (secondary N) is 1. The number of nitrogens with zero attached hydrogens (tertiary/aromatic N) is 2. The summed E-state index contributed by atoms with van der Waals surface area (Å²) in [6.07, 6.45) is 3.89. The molecule has 0 spiro atoms. The Morgan fingerprint density at radius 1 is 1.24 bits per heavy atom. The first-order valence-corrected chi connectivity index (χ1v) is 8.17. The van der Waals surface area contributed by atoms with Crippen molar-refractivity contribution in [3.63, 3.8) is 0 Å². The molecule has 1 aromatic carbocycles. The molecule has 0 amide bonds.